The molecule has 1 aromatic heterocycles. The maximum atomic E-state index is 12.6. The molecule has 2 heterocycles. The molecule has 4 rings (SSSR count). The molecular formula is C21H18N2O4. The Morgan fingerprint density at radius 3 is 1.48 bits per heavy atom. The van der Waals surface area contributed by atoms with Crippen LogP contribution in [-0.2, 0) is 0 Å². The van der Waals surface area contributed by atoms with Crippen LogP contribution >= 0.6 is 0 Å². The van der Waals surface area contributed by atoms with Gasteiger partial charge in [0.2, 0.25) is 0 Å². The summed E-state index contributed by atoms with van der Waals surface area (Å²) in [7, 11) is 1.39. The molecule has 6 heteroatoms. The minimum Gasteiger partial charge on any atom is -0.382 e. The lowest BCUT2D eigenvalue weighted by molar-refractivity contribution is 0.0687. The van der Waals surface area contributed by atoms with E-state index in [1.807, 2.05) is 12.1 Å². The molecule has 3 N–H and O–H groups in total. The summed E-state index contributed by atoms with van der Waals surface area (Å²) < 4.78 is 0. The number of hydrogen-bond acceptors (Lipinski definition) is 4. The first-order chi connectivity index (χ1) is 13.0. The van der Waals surface area contributed by atoms with Crippen LogP contribution < -0.4 is 0 Å². The molecule has 0 fully saturated rings. The highest BCUT2D eigenvalue weighted by Crippen LogP contribution is 2.37. The van der Waals surface area contributed by atoms with Crippen LogP contribution in [0.4, 0.5) is 0 Å². The number of nitrogens with one attached hydrogen (secondary N) is 1. The molecular weight excluding hydrogens is 344 g/mol. The van der Waals surface area contributed by atoms with Gasteiger partial charge in [-0.2, -0.15) is 0 Å². The summed E-state index contributed by atoms with van der Waals surface area (Å²) in [5.74, 6) is -0.995. The molecule has 136 valence electrons. The van der Waals surface area contributed by atoms with E-state index in [1.165, 1.54) is 7.05 Å². The van der Waals surface area contributed by atoms with Crippen molar-refractivity contribution in [2.45, 2.75) is 12.2 Å². The lowest BCUT2D eigenvalue weighted by atomic mass is 10.00. The number of nitrogens with zero attached hydrogens (tertiary/aromatic N) is 1. The van der Waals surface area contributed by atoms with Crippen molar-refractivity contribution in [2.24, 2.45) is 0 Å². The second-order valence-corrected chi connectivity index (χ2v) is 6.50. The molecule has 0 aliphatic carbocycles. The zero-order valence-corrected chi connectivity index (χ0v) is 14.6. The molecule has 2 atom stereocenters. The zero-order chi connectivity index (χ0) is 19.1. The Labute approximate surface area is 155 Å². The average Bonchev–Trinajstić information content (AvgIpc) is 3.21. The smallest absolute Gasteiger partial charge is 0.263 e. The number of hydrogen-bond donors (Lipinski definition) is 3. The van der Waals surface area contributed by atoms with Gasteiger partial charge in [0.15, 0.2) is 0 Å². The van der Waals surface area contributed by atoms with Crippen LogP contribution in [-0.4, -0.2) is 39.0 Å². The molecule has 1 aliphatic rings. The van der Waals surface area contributed by atoms with Gasteiger partial charge in [-0.25, -0.2) is 0 Å². The van der Waals surface area contributed by atoms with Crippen molar-refractivity contribution in [2.75, 3.05) is 7.05 Å². The van der Waals surface area contributed by atoms with E-state index >= 15 is 0 Å². The topological polar surface area (TPSA) is 93.6 Å². The number of imide groups is 1. The third-order valence-electron chi connectivity index (χ3n) is 4.87. The highest BCUT2D eigenvalue weighted by atomic mass is 16.3. The minimum atomic E-state index is -1.13. The summed E-state index contributed by atoms with van der Waals surface area (Å²) in [5, 5.41) is 21.6. The summed E-state index contributed by atoms with van der Waals surface area (Å²) in [6, 6.07) is 17.7. The van der Waals surface area contributed by atoms with Crippen molar-refractivity contribution in [3.8, 4) is 0 Å². The highest BCUT2D eigenvalue weighted by molar-refractivity contribution is 6.22. The first kappa shape index (κ1) is 17.2. The number of amides is 2. The van der Waals surface area contributed by atoms with Crippen LogP contribution in [0.3, 0.4) is 0 Å². The van der Waals surface area contributed by atoms with E-state index in [2.05, 4.69) is 4.98 Å². The van der Waals surface area contributed by atoms with Crippen LogP contribution in [0.1, 0.15) is 55.4 Å². The zero-order valence-electron chi connectivity index (χ0n) is 14.6. The van der Waals surface area contributed by atoms with Gasteiger partial charge in [-0.15, -0.1) is 0 Å². The maximum absolute atomic E-state index is 12.6. The Kier molecular flexibility index (Phi) is 4.14. The third-order valence-corrected chi connectivity index (χ3v) is 4.87. The van der Waals surface area contributed by atoms with Gasteiger partial charge in [0, 0.05) is 7.05 Å². The van der Waals surface area contributed by atoms with Gasteiger partial charge >= 0.3 is 0 Å². The van der Waals surface area contributed by atoms with E-state index < -0.39 is 24.0 Å². The Bertz CT molecular complexity index is 931. The Balaban J connectivity index is 1.88. The SMILES string of the molecule is CN1C(=O)c2c(C(O)c3ccccc3)[nH]c(C(O)c3ccccc3)c2C1=O. The summed E-state index contributed by atoms with van der Waals surface area (Å²) in [5.41, 5.74) is 1.81. The number of benzene rings is 2. The fraction of sp³-hybridized carbons (Fsp3) is 0.143. The maximum Gasteiger partial charge on any atom is 0.263 e. The molecule has 0 saturated heterocycles. The molecule has 6 nitrogen and oxygen atoms in total. The normalized spacial score (nSPS) is 15.7. The quantitative estimate of drug-likeness (QED) is 0.621. The number of carbonyl (C=O) groups excluding carboxylic acids is 2. The van der Waals surface area contributed by atoms with Crippen molar-refractivity contribution in [1.82, 2.24) is 9.88 Å². The van der Waals surface area contributed by atoms with Gasteiger partial charge in [-0.1, -0.05) is 60.7 Å². The lowest BCUT2D eigenvalue weighted by Gasteiger charge is -2.15. The summed E-state index contributed by atoms with van der Waals surface area (Å²) in [6.07, 6.45) is -2.25. The number of fused-ring (bicyclic) bond motifs is 1. The number of aliphatic hydroxyl groups is 2. The van der Waals surface area contributed by atoms with Crippen molar-refractivity contribution >= 4 is 11.8 Å². The summed E-state index contributed by atoms with van der Waals surface area (Å²) in [4.78, 5) is 29.2. The van der Waals surface area contributed by atoms with E-state index in [4.69, 9.17) is 0 Å². The van der Waals surface area contributed by atoms with Crippen molar-refractivity contribution in [1.29, 1.82) is 0 Å². The number of aliphatic hydroxyl groups excluding tert-OH is 2. The fourth-order valence-corrected chi connectivity index (χ4v) is 3.43. The second-order valence-electron chi connectivity index (χ2n) is 6.50. The van der Waals surface area contributed by atoms with Gasteiger partial charge < -0.3 is 15.2 Å². The lowest BCUT2D eigenvalue weighted by Crippen LogP contribution is -2.26. The molecule has 2 aromatic carbocycles. The monoisotopic (exact) mass is 362 g/mol. The molecule has 3 aromatic rings. The van der Waals surface area contributed by atoms with Crippen LogP contribution in [0.2, 0.25) is 0 Å². The molecule has 0 radical (unpaired) electrons. The van der Waals surface area contributed by atoms with E-state index in [0.717, 1.165) is 4.90 Å². The number of carbonyl (C=O) groups is 2. The second kappa shape index (κ2) is 6.50. The molecule has 27 heavy (non-hydrogen) atoms. The Hall–Kier alpha value is -3.22. The van der Waals surface area contributed by atoms with Gasteiger partial charge in [0.1, 0.15) is 12.2 Å². The molecule has 0 bridgehead atoms. The van der Waals surface area contributed by atoms with E-state index in [0.29, 0.717) is 11.1 Å². The van der Waals surface area contributed by atoms with Gasteiger partial charge in [-0.05, 0) is 11.1 Å². The predicted molar refractivity (Wildman–Crippen MR) is 98.2 cm³/mol. The summed E-state index contributed by atoms with van der Waals surface area (Å²) >= 11 is 0. The average molecular weight is 362 g/mol. The van der Waals surface area contributed by atoms with E-state index in [-0.39, 0.29) is 22.5 Å². The van der Waals surface area contributed by atoms with E-state index in [1.54, 1.807) is 48.5 Å². The molecule has 2 amide bonds. The van der Waals surface area contributed by atoms with Crippen molar-refractivity contribution in [3.05, 3.63) is 94.3 Å². The minimum absolute atomic E-state index is 0.115. The molecule has 0 spiro atoms. The van der Waals surface area contributed by atoms with Gasteiger partial charge in [-0.3, -0.25) is 14.5 Å². The van der Waals surface area contributed by atoms with Crippen molar-refractivity contribution in [3.63, 3.8) is 0 Å². The number of H-pyrrole nitrogens is 1. The fourth-order valence-electron chi connectivity index (χ4n) is 3.43. The molecule has 2 unspecified atom stereocenters. The van der Waals surface area contributed by atoms with Crippen LogP contribution in [0.25, 0.3) is 0 Å². The van der Waals surface area contributed by atoms with Gasteiger partial charge in [0.25, 0.3) is 11.8 Å². The van der Waals surface area contributed by atoms with Crippen molar-refractivity contribution < 1.29 is 19.8 Å². The number of aromatic nitrogens is 1. The standard InChI is InChI=1S/C21H18N2O4/c1-23-20(26)14-15(21(23)27)17(19(25)13-10-6-3-7-11-13)22-16(14)18(24)12-8-4-2-5-9-12/h2-11,18-19,22,24-25H,1H3. The molecule has 1 aliphatic heterocycles. The largest absolute Gasteiger partial charge is 0.382 e. The number of aromatic amines is 1. The molecule has 0 saturated carbocycles. The van der Waals surface area contributed by atoms with Crippen LogP contribution in [0.15, 0.2) is 60.7 Å². The first-order valence-electron chi connectivity index (χ1n) is 8.55. The van der Waals surface area contributed by atoms with Gasteiger partial charge in [0.05, 0.1) is 22.5 Å². The Morgan fingerprint density at radius 1 is 0.741 bits per heavy atom. The third kappa shape index (κ3) is 2.66. The van der Waals surface area contributed by atoms with Crippen LogP contribution in [0.5, 0.6) is 0 Å². The highest BCUT2D eigenvalue weighted by Gasteiger charge is 2.42. The van der Waals surface area contributed by atoms with E-state index in [9.17, 15) is 19.8 Å². The predicted octanol–water partition coefficient (Wildman–Crippen LogP) is 2.40. The Morgan fingerprint density at radius 2 is 1.11 bits per heavy atom. The van der Waals surface area contributed by atoms with Crippen LogP contribution in [0, 0.1) is 0 Å². The summed E-state index contributed by atoms with van der Waals surface area (Å²) in [6.45, 7) is 0. The first-order valence-corrected chi connectivity index (χ1v) is 8.55. The number of rotatable bonds is 4.